The van der Waals surface area contributed by atoms with Crippen LogP contribution in [0.2, 0.25) is 0 Å². The van der Waals surface area contributed by atoms with Crippen LogP contribution in [-0.2, 0) is 0 Å². The first-order chi connectivity index (χ1) is 9.05. The van der Waals surface area contributed by atoms with Gasteiger partial charge in [-0.05, 0) is 44.9 Å². The predicted molar refractivity (Wildman–Crippen MR) is 83.5 cm³/mol. The molecule has 0 radical (unpaired) electrons. The predicted octanol–water partition coefficient (Wildman–Crippen LogP) is 3.67. The monoisotopic (exact) mass is 266 g/mol. The fraction of sp³-hybridized carbons (Fsp3) is 1.00. The van der Waals surface area contributed by atoms with Crippen molar-refractivity contribution in [2.45, 2.75) is 77.8 Å². The maximum absolute atomic E-state index is 3.75. The molecule has 1 saturated carbocycles. The van der Waals surface area contributed by atoms with E-state index in [2.05, 4.69) is 37.9 Å². The van der Waals surface area contributed by atoms with Crippen LogP contribution in [0.15, 0.2) is 0 Å². The van der Waals surface area contributed by atoms with Crippen LogP contribution in [0.1, 0.15) is 66.2 Å². The molecule has 0 aromatic rings. The highest BCUT2D eigenvalue weighted by molar-refractivity contribution is 4.98. The Morgan fingerprint density at radius 3 is 2.58 bits per heavy atom. The molecule has 0 aromatic heterocycles. The van der Waals surface area contributed by atoms with Gasteiger partial charge in [0.15, 0.2) is 0 Å². The number of nitrogens with one attached hydrogen (secondary N) is 1. The van der Waals surface area contributed by atoms with Gasteiger partial charge in [-0.1, -0.05) is 33.1 Å². The Morgan fingerprint density at radius 1 is 1.26 bits per heavy atom. The molecule has 1 heterocycles. The second-order valence-electron chi connectivity index (χ2n) is 7.52. The average molecular weight is 266 g/mol. The van der Waals surface area contributed by atoms with Crippen molar-refractivity contribution in [3.05, 3.63) is 0 Å². The van der Waals surface area contributed by atoms with E-state index in [1.165, 1.54) is 58.2 Å². The van der Waals surface area contributed by atoms with Gasteiger partial charge < -0.3 is 5.32 Å². The molecule has 0 bridgehead atoms. The van der Waals surface area contributed by atoms with E-state index in [4.69, 9.17) is 0 Å². The Morgan fingerprint density at radius 2 is 2.00 bits per heavy atom. The van der Waals surface area contributed by atoms with Crippen LogP contribution >= 0.6 is 0 Å². The molecule has 1 N–H and O–H groups in total. The Kier molecular flexibility index (Phi) is 5.30. The van der Waals surface area contributed by atoms with E-state index in [9.17, 15) is 0 Å². The van der Waals surface area contributed by atoms with Gasteiger partial charge in [0, 0.05) is 31.2 Å². The first-order valence-corrected chi connectivity index (χ1v) is 8.54. The molecule has 19 heavy (non-hydrogen) atoms. The van der Waals surface area contributed by atoms with Crippen LogP contribution in [0.5, 0.6) is 0 Å². The summed E-state index contributed by atoms with van der Waals surface area (Å²) in [5, 5.41) is 3.75. The van der Waals surface area contributed by atoms with E-state index in [1.54, 1.807) is 0 Å². The summed E-state index contributed by atoms with van der Waals surface area (Å²) in [6, 6.07) is 0.823. The molecule has 0 aromatic carbocycles. The summed E-state index contributed by atoms with van der Waals surface area (Å²) < 4.78 is 0. The fourth-order valence-electron chi connectivity index (χ4n) is 3.59. The Hall–Kier alpha value is -0.0800. The van der Waals surface area contributed by atoms with Gasteiger partial charge in [0.05, 0.1) is 0 Å². The van der Waals surface area contributed by atoms with Crippen molar-refractivity contribution < 1.29 is 0 Å². The minimum Gasteiger partial charge on any atom is -0.309 e. The summed E-state index contributed by atoms with van der Waals surface area (Å²) in [4.78, 5) is 2.83. The highest BCUT2D eigenvalue weighted by Gasteiger charge is 2.41. The Bertz CT molecular complexity index is 270. The van der Waals surface area contributed by atoms with Crippen molar-refractivity contribution in [3.63, 3.8) is 0 Å². The van der Waals surface area contributed by atoms with Crippen molar-refractivity contribution in [1.29, 1.82) is 0 Å². The normalized spacial score (nSPS) is 29.4. The number of unbranched alkanes of at least 4 members (excludes halogenated alkanes) is 1. The Labute approximate surface area is 120 Å². The minimum atomic E-state index is 0.300. The van der Waals surface area contributed by atoms with Crippen LogP contribution in [0.3, 0.4) is 0 Å². The van der Waals surface area contributed by atoms with Crippen LogP contribution < -0.4 is 5.32 Å². The largest absolute Gasteiger partial charge is 0.309 e. The molecule has 2 rings (SSSR count). The van der Waals surface area contributed by atoms with Gasteiger partial charge in [-0.3, -0.25) is 4.90 Å². The molecular weight excluding hydrogens is 232 g/mol. The molecule has 112 valence electrons. The second-order valence-corrected chi connectivity index (χ2v) is 7.52. The van der Waals surface area contributed by atoms with Crippen molar-refractivity contribution in [2.24, 2.45) is 11.8 Å². The lowest BCUT2D eigenvalue weighted by Crippen LogP contribution is -2.62. The zero-order valence-electron chi connectivity index (χ0n) is 13.5. The third-order valence-corrected chi connectivity index (χ3v) is 5.06. The highest BCUT2D eigenvalue weighted by Crippen LogP contribution is 2.37. The first-order valence-electron chi connectivity index (χ1n) is 8.54. The van der Waals surface area contributed by atoms with Crippen molar-refractivity contribution in [1.82, 2.24) is 10.2 Å². The summed E-state index contributed by atoms with van der Waals surface area (Å²) in [7, 11) is 0. The average Bonchev–Trinajstić information content (AvgIpc) is 3.18. The third kappa shape index (κ3) is 4.46. The van der Waals surface area contributed by atoms with E-state index < -0.39 is 0 Å². The maximum Gasteiger partial charge on any atom is 0.0252 e. The highest BCUT2D eigenvalue weighted by atomic mass is 15.3. The summed E-state index contributed by atoms with van der Waals surface area (Å²) in [5.41, 5.74) is 0.300. The van der Waals surface area contributed by atoms with Gasteiger partial charge >= 0.3 is 0 Å². The van der Waals surface area contributed by atoms with Gasteiger partial charge in [0.25, 0.3) is 0 Å². The molecule has 1 aliphatic carbocycles. The molecule has 2 aliphatic rings. The lowest BCUT2D eigenvalue weighted by atomic mass is 9.92. The summed E-state index contributed by atoms with van der Waals surface area (Å²) in [6.45, 7) is 13.2. The number of nitrogens with zero attached hydrogens (tertiary/aromatic N) is 1. The summed E-state index contributed by atoms with van der Waals surface area (Å²) >= 11 is 0. The SMILES string of the molecule is CCCCC(CC)CN1CC(C)(C)NCC1C1CC1. The van der Waals surface area contributed by atoms with Gasteiger partial charge in [0.1, 0.15) is 0 Å². The topological polar surface area (TPSA) is 15.3 Å². The summed E-state index contributed by atoms with van der Waals surface area (Å²) in [6.07, 6.45) is 8.46. The maximum atomic E-state index is 3.75. The number of hydrogen-bond acceptors (Lipinski definition) is 2. The van der Waals surface area contributed by atoms with Gasteiger partial charge in [-0.2, -0.15) is 0 Å². The minimum absolute atomic E-state index is 0.300. The smallest absolute Gasteiger partial charge is 0.0252 e. The molecule has 2 atom stereocenters. The van der Waals surface area contributed by atoms with E-state index >= 15 is 0 Å². The van der Waals surface area contributed by atoms with Gasteiger partial charge in [0.2, 0.25) is 0 Å². The quantitative estimate of drug-likeness (QED) is 0.756. The van der Waals surface area contributed by atoms with E-state index in [1.807, 2.05) is 0 Å². The lowest BCUT2D eigenvalue weighted by Gasteiger charge is -2.46. The molecule has 0 amide bonds. The molecule has 0 spiro atoms. The molecule has 1 saturated heterocycles. The van der Waals surface area contributed by atoms with Gasteiger partial charge in [-0.15, -0.1) is 0 Å². The molecule has 2 heteroatoms. The van der Waals surface area contributed by atoms with Crippen LogP contribution in [0.25, 0.3) is 0 Å². The van der Waals surface area contributed by atoms with Crippen LogP contribution in [-0.4, -0.2) is 36.1 Å². The fourth-order valence-corrected chi connectivity index (χ4v) is 3.59. The first kappa shape index (κ1) is 15.3. The Balaban J connectivity index is 1.92. The van der Waals surface area contributed by atoms with Crippen LogP contribution in [0, 0.1) is 11.8 Å². The lowest BCUT2D eigenvalue weighted by molar-refractivity contribution is 0.0650. The zero-order valence-corrected chi connectivity index (χ0v) is 13.5. The standard InChI is InChI=1S/C17H34N2/c1-5-7-8-14(6-2)12-19-13-17(3,4)18-11-16(19)15-9-10-15/h14-16,18H,5-13H2,1-4H3. The molecule has 2 nitrogen and oxygen atoms in total. The number of hydrogen-bond donors (Lipinski definition) is 1. The van der Waals surface area contributed by atoms with Crippen molar-refractivity contribution in [2.75, 3.05) is 19.6 Å². The number of rotatable bonds is 7. The molecule has 1 aliphatic heterocycles. The van der Waals surface area contributed by atoms with Gasteiger partial charge in [-0.25, -0.2) is 0 Å². The van der Waals surface area contributed by atoms with E-state index in [0.717, 1.165) is 17.9 Å². The molecule has 2 unspecified atom stereocenters. The van der Waals surface area contributed by atoms with Crippen molar-refractivity contribution in [3.8, 4) is 0 Å². The van der Waals surface area contributed by atoms with Crippen LogP contribution in [0.4, 0.5) is 0 Å². The summed E-state index contributed by atoms with van der Waals surface area (Å²) in [5.74, 6) is 1.90. The van der Waals surface area contributed by atoms with E-state index in [0.29, 0.717) is 5.54 Å². The third-order valence-electron chi connectivity index (χ3n) is 5.06. The van der Waals surface area contributed by atoms with Crippen molar-refractivity contribution >= 4 is 0 Å². The van der Waals surface area contributed by atoms with E-state index in [-0.39, 0.29) is 0 Å². The molecular formula is C17H34N2. The number of piperazine rings is 1. The zero-order chi connectivity index (χ0) is 13.9. The molecule has 2 fully saturated rings. The second kappa shape index (κ2) is 6.58.